The number of nitrogens with zero attached hydrogens (tertiary/aromatic N) is 2. The van der Waals surface area contributed by atoms with Crippen molar-refractivity contribution >= 4 is 46.7 Å². The SMILES string of the molecule is Cc1cc(C=Nc2cccc(Cl)c2Cl)c(C)n1-c1ccc(Cl)cc1. The molecule has 0 N–H and O–H groups in total. The van der Waals surface area contributed by atoms with Gasteiger partial charge in [0.15, 0.2) is 0 Å². The Balaban J connectivity index is 1.98. The molecule has 0 saturated heterocycles. The third-order valence-electron chi connectivity index (χ3n) is 3.83. The van der Waals surface area contributed by atoms with E-state index in [9.17, 15) is 0 Å². The second kappa shape index (κ2) is 7.02. The summed E-state index contributed by atoms with van der Waals surface area (Å²) in [7, 11) is 0. The third kappa shape index (κ3) is 3.36. The first-order valence-electron chi connectivity index (χ1n) is 7.40. The van der Waals surface area contributed by atoms with E-state index in [1.54, 1.807) is 6.07 Å². The fourth-order valence-electron chi connectivity index (χ4n) is 2.64. The van der Waals surface area contributed by atoms with E-state index in [1.807, 2.05) is 42.6 Å². The van der Waals surface area contributed by atoms with Crippen molar-refractivity contribution in [2.75, 3.05) is 0 Å². The molecule has 0 fully saturated rings. The summed E-state index contributed by atoms with van der Waals surface area (Å²) in [5, 5.41) is 1.68. The number of aryl methyl sites for hydroxylation is 1. The molecule has 0 unspecified atom stereocenters. The summed E-state index contributed by atoms with van der Waals surface area (Å²) < 4.78 is 2.16. The molecule has 3 aromatic rings. The number of hydrogen-bond donors (Lipinski definition) is 0. The molecule has 0 radical (unpaired) electrons. The zero-order chi connectivity index (χ0) is 17.3. The first-order chi connectivity index (χ1) is 11.5. The van der Waals surface area contributed by atoms with Crippen molar-refractivity contribution in [1.82, 2.24) is 4.57 Å². The van der Waals surface area contributed by atoms with Crippen LogP contribution < -0.4 is 0 Å². The Labute approximate surface area is 156 Å². The summed E-state index contributed by atoms with van der Waals surface area (Å²) >= 11 is 18.2. The lowest BCUT2D eigenvalue weighted by atomic mass is 10.2. The minimum atomic E-state index is 0.460. The molecule has 0 saturated carbocycles. The topological polar surface area (TPSA) is 17.3 Å². The summed E-state index contributed by atoms with van der Waals surface area (Å²) in [6.07, 6.45) is 1.81. The second-order valence-corrected chi connectivity index (χ2v) is 6.69. The molecule has 0 atom stereocenters. The van der Waals surface area contributed by atoms with Crippen LogP contribution >= 0.6 is 34.8 Å². The zero-order valence-electron chi connectivity index (χ0n) is 13.2. The Morgan fingerprint density at radius 2 is 1.67 bits per heavy atom. The van der Waals surface area contributed by atoms with Gasteiger partial charge in [-0.25, -0.2) is 0 Å². The Hall–Kier alpha value is -1.74. The Morgan fingerprint density at radius 1 is 0.958 bits per heavy atom. The van der Waals surface area contributed by atoms with Crippen LogP contribution in [0.15, 0.2) is 53.5 Å². The van der Waals surface area contributed by atoms with Gasteiger partial charge in [-0.2, -0.15) is 0 Å². The average molecular weight is 378 g/mol. The van der Waals surface area contributed by atoms with Crippen molar-refractivity contribution in [3.63, 3.8) is 0 Å². The van der Waals surface area contributed by atoms with Crippen molar-refractivity contribution in [3.05, 3.63) is 80.6 Å². The molecule has 0 aliphatic carbocycles. The first-order valence-corrected chi connectivity index (χ1v) is 8.53. The van der Waals surface area contributed by atoms with E-state index in [0.717, 1.165) is 27.7 Å². The van der Waals surface area contributed by atoms with Crippen LogP contribution in [-0.2, 0) is 0 Å². The summed E-state index contributed by atoms with van der Waals surface area (Å²) in [5.74, 6) is 0. The van der Waals surface area contributed by atoms with Gasteiger partial charge in [0.05, 0.1) is 15.7 Å². The van der Waals surface area contributed by atoms with E-state index in [1.165, 1.54) is 0 Å². The van der Waals surface area contributed by atoms with Gasteiger partial charge in [-0.15, -0.1) is 0 Å². The van der Waals surface area contributed by atoms with Gasteiger partial charge in [0.2, 0.25) is 0 Å². The standard InChI is InChI=1S/C19H15Cl3N2/c1-12-10-14(11-23-18-5-3-4-17(21)19(18)22)13(2)24(12)16-8-6-15(20)7-9-16/h3-11H,1-2H3. The monoisotopic (exact) mass is 376 g/mol. The number of hydrogen-bond acceptors (Lipinski definition) is 1. The molecule has 0 spiro atoms. The molecule has 24 heavy (non-hydrogen) atoms. The van der Waals surface area contributed by atoms with Gasteiger partial charge in [-0.05, 0) is 56.3 Å². The quantitative estimate of drug-likeness (QED) is 0.446. The summed E-state index contributed by atoms with van der Waals surface area (Å²) in [5.41, 5.74) is 4.96. The van der Waals surface area contributed by atoms with E-state index < -0.39 is 0 Å². The Morgan fingerprint density at radius 3 is 2.38 bits per heavy atom. The fraction of sp³-hybridized carbons (Fsp3) is 0.105. The van der Waals surface area contributed by atoms with Crippen LogP contribution in [0, 0.1) is 13.8 Å². The highest BCUT2D eigenvalue weighted by Crippen LogP contribution is 2.32. The number of aliphatic imine (C=N–C) groups is 1. The molecular formula is C19H15Cl3N2. The lowest BCUT2D eigenvalue weighted by Crippen LogP contribution is -1.99. The molecule has 3 rings (SSSR count). The van der Waals surface area contributed by atoms with Crippen LogP contribution in [0.5, 0.6) is 0 Å². The number of benzene rings is 2. The predicted octanol–water partition coefficient (Wildman–Crippen LogP) is 6.80. The molecule has 2 aromatic carbocycles. The van der Waals surface area contributed by atoms with Gasteiger partial charge in [0.25, 0.3) is 0 Å². The highest BCUT2D eigenvalue weighted by molar-refractivity contribution is 6.43. The summed E-state index contributed by atoms with van der Waals surface area (Å²) in [6, 6.07) is 15.3. The van der Waals surface area contributed by atoms with E-state index in [4.69, 9.17) is 34.8 Å². The smallest absolute Gasteiger partial charge is 0.0848 e. The van der Waals surface area contributed by atoms with Crippen LogP contribution in [0.25, 0.3) is 5.69 Å². The second-order valence-electron chi connectivity index (χ2n) is 5.47. The molecule has 122 valence electrons. The highest BCUT2D eigenvalue weighted by Gasteiger charge is 2.10. The summed E-state index contributed by atoms with van der Waals surface area (Å²) in [4.78, 5) is 4.48. The van der Waals surface area contributed by atoms with Gasteiger partial charge in [0, 0.05) is 33.9 Å². The molecule has 1 aromatic heterocycles. The Kier molecular flexibility index (Phi) is 5.00. The molecule has 5 heteroatoms. The van der Waals surface area contributed by atoms with Crippen molar-refractivity contribution in [2.45, 2.75) is 13.8 Å². The van der Waals surface area contributed by atoms with E-state index in [0.29, 0.717) is 15.7 Å². The van der Waals surface area contributed by atoms with Crippen LogP contribution in [0.4, 0.5) is 5.69 Å². The zero-order valence-corrected chi connectivity index (χ0v) is 15.5. The maximum Gasteiger partial charge on any atom is 0.0848 e. The molecular weight excluding hydrogens is 363 g/mol. The van der Waals surface area contributed by atoms with E-state index in [-0.39, 0.29) is 0 Å². The average Bonchev–Trinajstić information content (AvgIpc) is 2.84. The van der Waals surface area contributed by atoms with Crippen LogP contribution in [-0.4, -0.2) is 10.8 Å². The van der Waals surface area contributed by atoms with E-state index >= 15 is 0 Å². The van der Waals surface area contributed by atoms with Crippen LogP contribution in [0.1, 0.15) is 17.0 Å². The largest absolute Gasteiger partial charge is 0.318 e. The molecule has 2 nitrogen and oxygen atoms in total. The lowest BCUT2D eigenvalue weighted by molar-refractivity contribution is 0.965. The Bertz CT molecular complexity index is 909. The molecule has 0 aliphatic heterocycles. The lowest BCUT2D eigenvalue weighted by Gasteiger charge is -2.09. The highest BCUT2D eigenvalue weighted by atomic mass is 35.5. The van der Waals surface area contributed by atoms with Crippen molar-refractivity contribution in [2.24, 2.45) is 4.99 Å². The molecule has 1 heterocycles. The van der Waals surface area contributed by atoms with Gasteiger partial charge >= 0.3 is 0 Å². The molecule has 0 aliphatic rings. The maximum atomic E-state index is 6.18. The minimum Gasteiger partial charge on any atom is -0.318 e. The normalized spacial score (nSPS) is 11.4. The van der Waals surface area contributed by atoms with Crippen molar-refractivity contribution in [1.29, 1.82) is 0 Å². The third-order valence-corrected chi connectivity index (χ3v) is 4.89. The first kappa shape index (κ1) is 17.1. The number of rotatable bonds is 3. The van der Waals surface area contributed by atoms with Crippen molar-refractivity contribution < 1.29 is 0 Å². The fourth-order valence-corrected chi connectivity index (χ4v) is 3.11. The summed E-state index contributed by atoms with van der Waals surface area (Å²) in [6.45, 7) is 4.12. The van der Waals surface area contributed by atoms with Gasteiger partial charge in [-0.3, -0.25) is 4.99 Å². The van der Waals surface area contributed by atoms with Crippen molar-refractivity contribution in [3.8, 4) is 5.69 Å². The van der Waals surface area contributed by atoms with Gasteiger partial charge in [0.1, 0.15) is 0 Å². The van der Waals surface area contributed by atoms with E-state index in [2.05, 4.69) is 29.5 Å². The molecule has 0 amide bonds. The maximum absolute atomic E-state index is 6.18. The van der Waals surface area contributed by atoms with Crippen LogP contribution in [0.2, 0.25) is 15.1 Å². The predicted molar refractivity (Wildman–Crippen MR) is 104 cm³/mol. The molecule has 0 bridgehead atoms. The number of halogens is 3. The number of aromatic nitrogens is 1. The van der Waals surface area contributed by atoms with Gasteiger partial charge in [-0.1, -0.05) is 40.9 Å². The minimum absolute atomic E-state index is 0.460. The van der Waals surface area contributed by atoms with Gasteiger partial charge < -0.3 is 4.57 Å². The van der Waals surface area contributed by atoms with Crippen LogP contribution in [0.3, 0.4) is 0 Å².